The molecule has 0 saturated heterocycles. The molecule has 0 aliphatic carbocycles. The van der Waals surface area contributed by atoms with Crippen LogP contribution in [0, 0.1) is 0 Å². The predicted molar refractivity (Wildman–Crippen MR) is 121 cm³/mol. The van der Waals surface area contributed by atoms with Crippen molar-refractivity contribution in [3.8, 4) is 0 Å². The summed E-state index contributed by atoms with van der Waals surface area (Å²) < 4.78 is 0. The molecule has 0 aromatic heterocycles. The molecule has 6 heteroatoms. The van der Waals surface area contributed by atoms with Crippen molar-refractivity contribution >= 4 is 11.9 Å². The quantitative estimate of drug-likeness (QED) is 0.116. The molecule has 0 radical (unpaired) electrons. The first-order valence-corrected chi connectivity index (χ1v) is 12.3. The van der Waals surface area contributed by atoms with Crippen LogP contribution in [0.4, 0.5) is 0 Å². The minimum absolute atomic E-state index is 0.334. The largest absolute Gasteiger partial charge is 0.355 e. The lowest BCUT2D eigenvalue weighted by Crippen LogP contribution is -2.11. The summed E-state index contributed by atoms with van der Waals surface area (Å²) in [5, 5.41) is 12.0. The van der Waals surface area contributed by atoms with E-state index in [-0.39, 0.29) is 0 Å². The number of rotatable bonds is 20. The monoisotopic (exact) mass is 432 g/mol. The maximum absolute atomic E-state index is 11.6. The molecule has 0 atom stereocenters. The van der Waals surface area contributed by atoms with E-state index >= 15 is 0 Å². The van der Waals surface area contributed by atoms with E-state index < -0.39 is 11.9 Å². The summed E-state index contributed by atoms with van der Waals surface area (Å²) >= 11 is 0. The van der Waals surface area contributed by atoms with Gasteiger partial charge in [0.2, 0.25) is 0 Å². The van der Waals surface area contributed by atoms with Crippen molar-refractivity contribution in [1.29, 1.82) is 0 Å². The van der Waals surface area contributed by atoms with Gasteiger partial charge in [0.25, 0.3) is 0 Å². The van der Waals surface area contributed by atoms with Crippen molar-refractivity contribution in [2.45, 2.75) is 142 Å². The molecule has 180 valence electrons. The van der Waals surface area contributed by atoms with E-state index in [1.54, 1.807) is 0 Å². The van der Waals surface area contributed by atoms with Crippen molar-refractivity contribution in [2.24, 2.45) is 0 Å². The molecule has 30 heavy (non-hydrogen) atoms. The van der Waals surface area contributed by atoms with E-state index in [1.807, 2.05) is 0 Å². The summed E-state index contributed by atoms with van der Waals surface area (Å²) in [6.45, 7) is 4.46. The molecule has 0 aliphatic heterocycles. The van der Waals surface area contributed by atoms with E-state index in [0.29, 0.717) is 12.8 Å². The van der Waals surface area contributed by atoms with Crippen molar-refractivity contribution < 1.29 is 29.9 Å². The molecular formula is C24H48O6. The topological polar surface area (TPSA) is 93.1 Å². The summed E-state index contributed by atoms with van der Waals surface area (Å²) in [4.78, 5) is 32.4. The van der Waals surface area contributed by atoms with Gasteiger partial charge < -0.3 is 0 Å². The Morgan fingerprint density at radius 3 is 0.967 bits per heavy atom. The van der Waals surface area contributed by atoms with Crippen molar-refractivity contribution in [1.82, 2.24) is 0 Å². The highest BCUT2D eigenvalue weighted by Crippen LogP contribution is 2.12. The molecule has 0 fully saturated rings. The van der Waals surface area contributed by atoms with Crippen molar-refractivity contribution in [3.63, 3.8) is 0 Å². The molecule has 2 N–H and O–H groups in total. The van der Waals surface area contributed by atoms with Gasteiger partial charge in [0, 0.05) is 0 Å². The Morgan fingerprint density at radius 1 is 0.467 bits per heavy atom. The summed E-state index contributed by atoms with van der Waals surface area (Å²) in [5.41, 5.74) is 0. The Morgan fingerprint density at radius 2 is 0.700 bits per heavy atom. The second-order valence-electron chi connectivity index (χ2n) is 8.07. The second kappa shape index (κ2) is 27.9. The Hall–Kier alpha value is -1.14. The lowest BCUT2D eigenvalue weighted by Gasteiger charge is -2.04. The van der Waals surface area contributed by atoms with E-state index in [0.717, 1.165) is 38.5 Å². The molecule has 0 aliphatic rings. The van der Waals surface area contributed by atoms with Crippen LogP contribution >= 0.6 is 0 Å². The molecule has 0 aromatic carbocycles. The van der Waals surface area contributed by atoms with Crippen LogP contribution in [0.15, 0.2) is 0 Å². The molecule has 0 rings (SSSR count). The standard InChI is InChI=1S/C24H46O4.H2O2/c1-3-5-7-9-11-13-15-17-19-21-23(25)27-28-24(26)22-20-18-16-14-12-10-8-6-4-2;1-2/h3-22H2,1-2H3;1-2H. The van der Waals surface area contributed by atoms with Gasteiger partial charge in [-0.3, -0.25) is 10.5 Å². The van der Waals surface area contributed by atoms with Gasteiger partial charge in [-0.05, 0) is 12.8 Å². The number of hydrogen-bond donors (Lipinski definition) is 2. The highest BCUT2D eigenvalue weighted by atomic mass is 17.2. The summed E-state index contributed by atoms with van der Waals surface area (Å²) in [6, 6.07) is 0. The third kappa shape index (κ3) is 26.9. The maximum Gasteiger partial charge on any atom is 0.355 e. The van der Waals surface area contributed by atoms with Gasteiger partial charge in [0.05, 0.1) is 12.8 Å². The average Bonchev–Trinajstić information content (AvgIpc) is 2.76. The van der Waals surface area contributed by atoms with E-state index in [2.05, 4.69) is 23.6 Å². The third-order valence-electron chi connectivity index (χ3n) is 5.20. The van der Waals surface area contributed by atoms with Crippen LogP contribution in [0.1, 0.15) is 142 Å². The molecule has 0 spiro atoms. The van der Waals surface area contributed by atoms with Crippen LogP contribution in [0.25, 0.3) is 0 Å². The van der Waals surface area contributed by atoms with E-state index in [4.69, 9.17) is 10.5 Å². The Bertz CT molecular complexity index is 326. The molecule has 0 unspecified atom stereocenters. The number of unbranched alkanes of at least 4 members (excludes halogenated alkanes) is 16. The number of hydrogen-bond acceptors (Lipinski definition) is 6. The molecule has 0 heterocycles. The fourth-order valence-electron chi connectivity index (χ4n) is 3.34. The lowest BCUT2D eigenvalue weighted by atomic mass is 10.1. The van der Waals surface area contributed by atoms with Gasteiger partial charge in [-0.25, -0.2) is 19.4 Å². The van der Waals surface area contributed by atoms with Gasteiger partial charge in [-0.2, -0.15) is 0 Å². The molecule has 6 nitrogen and oxygen atoms in total. The lowest BCUT2D eigenvalue weighted by molar-refractivity contribution is -0.259. The highest BCUT2D eigenvalue weighted by Gasteiger charge is 2.09. The zero-order valence-electron chi connectivity index (χ0n) is 19.7. The number of carbonyl (C=O) groups is 2. The van der Waals surface area contributed by atoms with Crippen molar-refractivity contribution in [3.05, 3.63) is 0 Å². The minimum atomic E-state index is -0.427. The van der Waals surface area contributed by atoms with Gasteiger partial charge in [0.15, 0.2) is 0 Å². The zero-order valence-corrected chi connectivity index (χ0v) is 19.7. The minimum Gasteiger partial charge on any atom is -0.255 e. The van der Waals surface area contributed by atoms with Gasteiger partial charge in [-0.15, -0.1) is 0 Å². The molecule has 0 bridgehead atoms. The first-order chi connectivity index (χ1) is 14.7. The van der Waals surface area contributed by atoms with Crippen LogP contribution in [0.2, 0.25) is 0 Å². The average molecular weight is 433 g/mol. The Balaban J connectivity index is 0. The van der Waals surface area contributed by atoms with Gasteiger partial charge in [-0.1, -0.05) is 117 Å². The summed E-state index contributed by atoms with van der Waals surface area (Å²) in [6.07, 6.45) is 22.3. The second-order valence-corrected chi connectivity index (χ2v) is 8.07. The maximum atomic E-state index is 11.6. The Kier molecular flexibility index (Phi) is 28.8. The molecule has 0 saturated carbocycles. The first-order valence-electron chi connectivity index (χ1n) is 12.3. The summed E-state index contributed by atoms with van der Waals surface area (Å²) in [7, 11) is 0. The first kappa shape index (κ1) is 31.0. The van der Waals surface area contributed by atoms with Gasteiger partial charge in [0.1, 0.15) is 0 Å². The normalized spacial score (nSPS) is 10.3. The third-order valence-corrected chi connectivity index (χ3v) is 5.20. The van der Waals surface area contributed by atoms with Crippen molar-refractivity contribution in [2.75, 3.05) is 0 Å². The molecule has 0 amide bonds. The van der Waals surface area contributed by atoms with Crippen LogP contribution in [-0.2, 0) is 19.4 Å². The van der Waals surface area contributed by atoms with Crippen LogP contribution in [0.3, 0.4) is 0 Å². The highest BCUT2D eigenvalue weighted by molar-refractivity contribution is 5.72. The Labute approximate surface area is 184 Å². The van der Waals surface area contributed by atoms with Gasteiger partial charge >= 0.3 is 11.9 Å². The zero-order chi connectivity index (χ0) is 22.7. The molecule has 0 aromatic rings. The van der Waals surface area contributed by atoms with E-state index in [9.17, 15) is 9.59 Å². The smallest absolute Gasteiger partial charge is 0.255 e. The SMILES string of the molecule is CCCCCCCCCCCC(=O)OOC(=O)CCCCCCCCCCC.OO. The predicted octanol–water partition coefficient (Wildman–Crippen LogP) is 7.85. The van der Waals surface area contributed by atoms with Crippen LogP contribution < -0.4 is 0 Å². The fourth-order valence-corrected chi connectivity index (χ4v) is 3.34. The van der Waals surface area contributed by atoms with Crippen LogP contribution in [0.5, 0.6) is 0 Å². The summed E-state index contributed by atoms with van der Waals surface area (Å²) in [5.74, 6) is -0.855. The molecular weight excluding hydrogens is 384 g/mol. The van der Waals surface area contributed by atoms with Crippen LogP contribution in [-0.4, -0.2) is 22.5 Å². The van der Waals surface area contributed by atoms with E-state index in [1.165, 1.54) is 77.0 Å². The fraction of sp³-hybridized carbons (Fsp3) is 0.917. The number of carbonyl (C=O) groups excluding carboxylic acids is 2.